The van der Waals surface area contributed by atoms with Crippen LogP contribution in [0.3, 0.4) is 0 Å². The van der Waals surface area contributed by atoms with E-state index in [0.717, 1.165) is 10.0 Å². The minimum absolute atomic E-state index is 0.170. The van der Waals surface area contributed by atoms with E-state index in [1.54, 1.807) is 29.2 Å². The van der Waals surface area contributed by atoms with Gasteiger partial charge in [0.1, 0.15) is 6.61 Å². The molecule has 2 aromatic rings. The summed E-state index contributed by atoms with van der Waals surface area (Å²) in [6.07, 6.45) is 3.37. The van der Waals surface area contributed by atoms with Crippen molar-refractivity contribution >= 4 is 39.5 Å². The first kappa shape index (κ1) is 19.1. The van der Waals surface area contributed by atoms with E-state index in [4.69, 9.17) is 4.74 Å². The topological polar surface area (TPSA) is 66.9 Å². The zero-order chi connectivity index (χ0) is 20.8. The highest BCUT2D eigenvalue weighted by molar-refractivity contribution is 9.10. The van der Waals surface area contributed by atoms with Crippen molar-refractivity contribution in [2.24, 2.45) is 17.8 Å². The first-order valence-electron chi connectivity index (χ1n) is 9.83. The average molecular weight is 467 g/mol. The quantitative estimate of drug-likeness (QED) is 0.510. The minimum Gasteiger partial charge on any atom is -0.445 e. The van der Waals surface area contributed by atoms with Crippen molar-refractivity contribution in [2.75, 3.05) is 11.4 Å². The van der Waals surface area contributed by atoms with Gasteiger partial charge in [-0.1, -0.05) is 58.4 Å². The Bertz CT molecular complexity index is 1040. The Morgan fingerprint density at radius 2 is 1.67 bits per heavy atom. The van der Waals surface area contributed by atoms with Crippen molar-refractivity contribution in [1.82, 2.24) is 4.90 Å². The monoisotopic (exact) mass is 466 g/mol. The van der Waals surface area contributed by atoms with Gasteiger partial charge in [0.15, 0.2) is 0 Å². The van der Waals surface area contributed by atoms with Crippen LogP contribution in [0.15, 0.2) is 71.2 Å². The third-order valence-corrected chi connectivity index (χ3v) is 6.60. The lowest BCUT2D eigenvalue weighted by atomic mass is 9.70. The number of fused-ring (bicyclic) bond motifs is 1. The lowest BCUT2D eigenvalue weighted by molar-refractivity contribution is -0.126. The third kappa shape index (κ3) is 3.04. The fraction of sp³-hybridized carbons (Fsp3) is 0.261. The van der Waals surface area contributed by atoms with Crippen LogP contribution in [-0.4, -0.2) is 35.4 Å². The van der Waals surface area contributed by atoms with E-state index in [2.05, 4.69) is 15.9 Å². The van der Waals surface area contributed by atoms with Gasteiger partial charge in [-0.2, -0.15) is 0 Å². The number of halogens is 1. The van der Waals surface area contributed by atoms with Crippen LogP contribution in [0.25, 0.3) is 0 Å². The molecule has 2 fully saturated rings. The molecule has 3 amide bonds. The molecule has 2 bridgehead atoms. The number of ether oxygens (including phenoxy) is 1. The molecule has 3 heterocycles. The molecule has 152 valence electrons. The molecule has 30 heavy (non-hydrogen) atoms. The fourth-order valence-corrected chi connectivity index (χ4v) is 4.95. The van der Waals surface area contributed by atoms with Crippen LogP contribution < -0.4 is 4.90 Å². The van der Waals surface area contributed by atoms with Crippen LogP contribution >= 0.6 is 15.9 Å². The summed E-state index contributed by atoms with van der Waals surface area (Å²) in [5.74, 6) is -1.65. The fourth-order valence-electron chi connectivity index (χ4n) is 4.68. The highest BCUT2D eigenvalue weighted by atomic mass is 79.9. The Labute approximate surface area is 182 Å². The van der Waals surface area contributed by atoms with E-state index in [0.29, 0.717) is 12.2 Å². The predicted octanol–water partition coefficient (Wildman–Crippen LogP) is 3.76. The summed E-state index contributed by atoms with van der Waals surface area (Å²) in [5, 5.41) is 0. The Balaban J connectivity index is 1.37. The summed E-state index contributed by atoms with van der Waals surface area (Å²) in [6, 6.07) is 16.1. The van der Waals surface area contributed by atoms with Gasteiger partial charge in [0.05, 0.1) is 23.6 Å². The molecule has 2 aromatic carbocycles. The Kier molecular flexibility index (Phi) is 4.70. The van der Waals surface area contributed by atoms with E-state index in [1.807, 2.05) is 42.5 Å². The average Bonchev–Trinajstić information content (AvgIpc) is 3.06. The zero-order valence-corrected chi connectivity index (χ0v) is 17.6. The number of piperidine rings is 1. The Hall–Kier alpha value is -2.93. The molecule has 1 aliphatic carbocycles. The molecule has 7 heteroatoms. The molecule has 2 saturated heterocycles. The standard InChI is InChI=1S/C23H19BrN2O4/c24-16-7-9-17(10-8-16)26-21(27)19-15-6-11-18(20(19)22(26)28)25(12-15)23(29)30-13-14-4-2-1-3-5-14/h1-11,15,18-20H,12-13H2/t15-,18-,19+,20-/m1/s1. The number of carbonyl (C=O) groups is 3. The van der Waals surface area contributed by atoms with E-state index in [9.17, 15) is 14.4 Å². The van der Waals surface area contributed by atoms with Crippen LogP contribution in [0.5, 0.6) is 0 Å². The number of hydrogen-bond acceptors (Lipinski definition) is 4. The smallest absolute Gasteiger partial charge is 0.410 e. The number of amides is 3. The molecule has 0 N–H and O–H groups in total. The van der Waals surface area contributed by atoms with Gasteiger partial charge in [0.2, 0.25) is 11.8 Å². The van der Waals surface area contributed by atoms with Gasteiger partial charge < -0.3 is 9.64 Å². The van der Waals surface area contributed by atoms with Crippen molar-refractivity contribution in [3.63, 3.8) is 0 Å². The predicted molar refractivity (Wildman–Crippen MR) is 113 cm³/mol. The summed E-state index contributed by atoms with van der Waals surface area (Å²) >= 11 is 3.37. The van der Waals surface area contributed by atoms with Crippen LogP contribution in [0.4, 0.5) is 10.5 Å². The first-order chi connectivity index (χ1) is 14.5. The lowest BCUT2D eigenvalue weighted by Crippen LogP contribution is -2.58. The number of anilines is 1. The van der Waals surface area contributed by atoms with Crippen LogP contribution in [0, 0.1) is 17.8 Å². The summed E-state index contributed by atoms with van der Waals surface area (Å²) in [7, 11) is 0. The Morgan fingerprint density at radius 3 is 2.40 bits per heavy atom. The van der Waals surface area contributed by atoms with Gasteiger partial charge in [0.25, 0.3) is 0 Å². The van der Waals surface area contributed by atoms with E-state index >= 15 is 0 Å². The number of benzene rings is 2. The first-order valence-corrected chi connectivity index (χ1v) is 10.6. The highest BCUT2D eigenvalue weighted by Crippen LogP contribution is 2.46. The number of imide groups is 1. The van der Waals surface area contributed by atoms with Crippen LogP contribution in [0.2, 0.25) is 0 Å². The Morgan fingerprint density at radius 1 is 0.967 bits per heavy atom. The maximum Gasteiger partial charge on any atom is 0.410 e. The second-order valence-electron chi connectivity index (χ2n) is 7.77. The van der Waals surface area contributed by atoms with Crippen LogP contribution in [0.1, 0.15) is 5.56 Å². The number of rotatable bonds is 3. The van der Waals surface area contributed by atoms with Crippen molar-refractivity contribution in [3.8, 4) is 0 Å². The number of nitrogens with zero attached hydrogens (tertiary/aromatic N) is 2. The van der Waals surface area contributed by atoms with Gasteiger partial charge in [-0.05, 0) is 29.8 Å². The van der Waals surface area contributed by atoms with E-state index in [1.165, 1.54) is 4.90 Å². The maximum absolute atomic E-state index is 13.3. The van der Waals surface area contributed by atoms with E-state index in [-0.39, 0.29) is 24.3 Å². The van der Waals surface area contributed by atoms with Crippen molar-refractivity contribution in [1.29, 1.82) is 0 Å². The van der Waals surface area contributed by atoms with Gasteiger partial charge in [0, 0.05) is 16.9 Å². The third-order valence-electron chi connectivity index (χ3n) is 6.07. The highest BCUT2D eigenvalue weighted by Gasteiger charge is 2.60. The molecule has 3 aliphatic heterocycles. The second kappa shape index (κ2) is 7.40. The van der Waals surface area contributed by atoms with Crippen molar-refractivity contribution in [3.05, 3.63) is 76.8 Å². The summed E-state index contributed by atoms with van der Waals surface area (Å²) in [4.78, 5) is 42.0. The minimum atomic E-state index is -0.575. The van der Waals surface area contributed by atoms with E-state index < -0.39 is 24.0 Å². The summed E-state index contributed by atoms with van der Waals surface area (Å²) in [5.41, 5.74) is 1.45. The molecule has 0 saturated carbocycles. The summed E-state index contributed by atoms with van der Waals surface area (Å²) < 4.78 is 6.37. The van der Waals surface area contributed by atoms with Gasteiger partial charge in [-0.25, -0.2) is 9.69 Å². The molecule has 6 rings (SSSR count). The lowest BCUT2D eigenvalue weighted by Gasteiger charge is -2.45. The van der Waals surface area contributed by atoms with Crippen molar-refractivity contribution < 1.29 is 19.1 Å². The van der Waals surface area contributed by atoms with Gasteiger partial charge in [-0.15, -0.1) is 0 Å². The number of hydrogen-bond donors (Lipinski definition) is 0. The molecule has 4 atom stereocenters. The molecule has 0 aromatic heterocycles. The summed E-state index contributed by atoms with van der Waals surface area (Å²) in [6.45, 7) is 0.548. The molecule has 6 nitrogen and oxygen atoms in total. The zero-order valence-electron chi connectivity index (χ0n) is 16.0. The molecule has 0 unspecified atom stereocenters. The molecular formula is C23H19BrN2O4. The largest absolute Gasteiger partial charge is 0.445 e. The maximum atomic E-state index is 13.3. The number of carbonyl (C=O) groups excluding carboxylic acids is 3. The van der Waals surface area contributed by atoms with Crippen molar-refractivity contribution in [2.45, 2.75) is 12.6 Å². The molecular weight excluding hydrogens is 448 g/mol. The second-order valence-corrected chi connectivity index (χ2v) is 8.69. The van der Waals surface area contributed by atoms with Crippen LogP contribution in [-0.2, 0) is 20.9 Å². The van der Waals surface area contributed by atoms with Gasteiger partial charge in [-0.3, -0.25) is 9.59 Å². The molecule has 4 aliphatic rings. The molecule has 0 radical (unpaired) electrons. The SMILES string of the molecule is O=C1[C@@H]2[C@H](C(=O)N1c1ccc(Br)cc1)[C@H]1C=C[C@@H]2CN1C(=O)OCc1ccccc1. The molecule has 0 spiro atoms. The normalized spacial score (nSPS) is 26.8. The van der Waals surface area contributed by atoms with Gasteiger partial charge >= 0.3 is 6.09 Å².